The average molecular weight is 263 g/mol. The van der Waals surface area contributed by atoms with E-state index in [1.165, 1.54) is 7.11 Å². The Balaban J connectivity index is 1.58. The Labute approximate surface area is 107 Å². The minimum Gasteiger partial charge on any atom is -0.385 e. The summed E-state index contributed by atoms with van der Waals surface area (Å²) in [7, 11) is 3.61. The normalized spacial score (nSPS) is 24.0. The van der Waals surface area contributed by atoms with Crippen LogP contribution in [0.5, 0.6) is 0 Å². The molecule has 0 amide bonds. The summed E-state index contributed by atoms with van der Waals surface area (Å²) in [4.78, 5) is 2.26. The molecule has 1 aliphatic carbocycles. The monoisotopic (exact) mass is 263 g/mol. The highest BCUT2D eigenvalue weighted by Crippen LogP contribution is 2.49. The maximum absolute atomic E-state index is 13.4. The zero-order valence-corrected chi connectivity index (χ0v) is 11.3. The molecule has 0 bridgehead atoms. The van der Waals surface area contributed by atoms with Crippen molar-refractivity contribution in [3.05, 3.63) is 0 Å². The summed E-state index contributed by atoms with van der Waals surface area (Å²) in [6.45, 7) is 2.13. The highest BCUT2D eigenvalue weighted by Gasteiger charge is 2.52. The Morgan fingerprint density at radius 1 is 1.33 bits per heavy atom. The Bertz CT molecular complexity index is 272. The van der Waals surface area contributed by atoms with E-state index in [1.807, 2.05) is 0 Å². The van der Waals surface area contributed by atoms with Crippen LogP contribution in [0, 0.1) is 5.41 Å². The van der Waals surface area contributed by atoms with E-state index in [0.29, 0.717) is 18.4 Å². The van der Waals surface area contributed by atoms with Gasteiger partial charge in [0.05, 0.1) is 6.10 Å². The van der Waals surface area contributed by atoms with Gasteiger partial charge in [0.1, 0.15) is 6.61 Å². The second kappa shape index (κ2) is 5.39. The Hall–Kier alpha value is -0.260. The number of likely N-dealkylation sites (tertiary alicyclic amines) is 1. The fourth-order valence-electron chi connectivity index (χ4n) is 3.17. The van der Waals surface area contributed by atoms with Crippen LogP contribution < -0.4 is 0 Å². The molecular formula is C13H23F2NO2. The molecule has 0 N–H and O–H groups in total. The zero-order valence-electron chi connectivity index (χ0n) is 11.3. The van der Waals surface area contributed by atoms with Crippen LogP contribution in [-0.4, -0.2) is 57.4 Å². The van der Waals surface area contributed by atoms with Crippen LogP contribution in [0.2, 0.25) is 0 Å². The van der Waals surface area contributed by atoms with Crippen LogP contribution in [-0.2, 0) is 9.47 Å². The Kier molecular flexibility index (Phi) is 4.24. The first-order valence-corrected chi connectivity index (χ1v) is 6.62. The lowest BCUT2D eigenvalue weighted by Crippen LogP contribution is -2.62. The molecule has 0 aromatic rings. The molecule has 2 fully saturated rings. The molecular weight excluding hydrogens is 240 g/mol. The first-order valence-electron chi connectivity index (χ1n) is 6.62. The van der Waals surface area contributed by atoms with Crippen molar-refractivity contribution in [3.8, 4) is 0 Å². The van der Waals surface area contributed by atoms with Crippen LogP contribution in [0.15, 0.2) is 0 Å². The molecule has 106 valence electrons. The molecule has 1 saturated carbocycles. The van der Waals surface area contributed by atoms with Crippen LogP contribution >= 0.6 is 0 Å². The standard InChI is InChI=1S/C13H23F2NO2/c1-16-8-12(9-16)6-11(7-12)18-10-13(14,15)4-3-5-17-2/h11H,3-10H2,1-2H3. The summed E-state index contributed by atoms with van der Waals surface area (Å²) in [5.41, 5.74) is 0.394. The van der Waals surface area contributed by atoms with E-state index in [0.717, 1.165) is 25.9 Å². The molecule has 0 radical (unpaired) electrons. The SMILES string of the molecule is COCCCC(F)(F)COC1CC2(C1)CN(C)C2. The minimum atomic E-state index is -2.71. The topological polar surface area (TPSA) is 21.7 Å². The molecule has 0 aromatic carbocycles. The second-order valence-corrected chi connectivity index (χ2v) is 5.97. The molecule has 1 heterocycles. The van der Waals surface area contributed by atoms with Gasteiger partial charge in [0.25, 0.3) is 5.92 Å². The van der Waals surface area contributed by atoms with Crippen LogP contribution in [0.1, 0.15) is 25.7 Å². The lowest BCUT2D eigenvalue weighted by molar-refractivity contribution is -0.179. The summed E-state index contributed by atoms with van der Waals surface area (Å²) >= 11 is 0. The third kappa shape index (κ3) is 3.39. The van der Waals surface area contributed by atoms with Crippen molar-refractivity contribution in [2.75, 3.05) is 40.5 Å². The van der Waals surface area contributed by atoms with E-state index in [1.54, 1.807) is 0 Å². The quantitative estimate of drug-likeness (QED) is 0.657. The number of ether oxygens (including phenoxy) is 2. The third-order valence-electron chi connectivity index (χ3n) is 3.95. The molecule has 18 heavy (non-hydrogen) atoms. The number of rotatable bonds is 7. The lowest BCUT2D eigenvalue weighted by atomic mass is 9.62. The minimum absolute atomic E-state index is 0.0481. The number of nitrogens with zero attached hydrogens (tertiary/aromatic N) is 1. The molecule has 0 atom stereocenters. The summed E-state index contributed by atoms with van der Waals surface area (Å²) in [5, 5.41) is 0. The first-order chi connectivity index (χ1) is 8.45. The van der Waals surface area contributed by atoms with Crippen molar-refractivity contribution in [1.82, 2.24) is 4.90 Å². The van der Waals surface area contributed by atoms with Gasteiger partial charge in [-0.3, -0.25) is 0 Å². The van der Waals surface area contributed by atoms with Crippen LogP contribution in [0.4, 0.5) is 8.78 Å². The van der Waals surface area contributed by atoms with Gasteiger partial charge in [0, 0.05) is 38.6 Å². The summed E-state index contributed by atoms with van der Waals surface area (Å²) in [5.74, 6) is -2.71. The molecule has 1 saturated heterocycles. The number of halogens is 2. The number of methoxy groups -OCH3 is 1. The van der Waals surface area contributed by atoms with Gasteiger partial charge < -0.3 is 14.4 Å². The van der Waals surface area contributed by atoms with Gasteiger partial charge in [-0.25, -0.2) is 8.78 Å². The highest BCUT2D eigenvalue weighted by molar-refractivity contribution is 5.04. The van der Waals surface area contributed by atoms with Crippen molar-refractivity contribution in [2.24, 2.45) is 5.41 Å². The Morgan fingerprint density at radius 2 is 2.00 bits per heavy atom. The summed E-state index contributed by atoms with van der Waals surface area (Å²) < 4.78 is 37.0. The van der Waals surface area contributed by atoms with E-state index in [4.69, 9.17) is 9.47 Å². The van der Waals surface area contributed by atoms with Crippen molar-refractivity contribution in [1.29, 1.82) is 0 Å². The number of hydrogen-bond donors (Lipinski definition) is 0. The van der Waals surface area contributed by atoms with Crippen LogP contribution in [0.25, 0.3) is 0 Å². The van der Waals surface area contributed by atoms with Gasteiger partial charge in [-0.1, -0.05) is 0 Å². The van der Waals surface area contributed by atoms with E-state index in [2.05, 4.69) is 11.9 Å². The van der Waals surface area contributed by atoms with E-state index in [9.17, 15) is 8.78 Å². The molecule has 5 heteroatoms. The summed E-state index contributed by atoms with van der Waals surface area (Å²) in [6, 6.07) is 0. The van der Waals surface area contributed by atoms with E-state index in [-0.39, 0.29) is 12.5 Å². The zero-order chi connectivity index (χ0) is 13.2. The maximum atomic E-state index is 13.4. The van der Waals surface area contributed by atoms with Crippen molar-refractivity contribution < 1.29 is 18.3 Å². The fourth-order valence-corrected chi connectivity index (χ4v) is 3.17. The molecule has 1 spiro atoms. The largest absolute Gasteiger partial charge is 0.385 e. The predicted molar refractivity (Wildman–Crippen MR) is 65.0 cm³/mol. The first kappa shape index (κ1) is 14.2. The van der Waals surface area contributed by atoms with Gasteiger partial charge in [0.15, 0.2) is 0 Å². The number of alkyl halides is 2. The number of hydrogen-bond acceptors (Lipinski definition) is 3. The molecule has 1 aliphatic heterocycles. The lowest BCUT2D eigenvalue weighted by Gasteiger charge is -2.58. The van der Waals surface area contributed by atoms with Crippen molar-refractivity contribution in [3.63, 3.8) is 0 Å². The average Bonchev–Trinajstić information content (AvgIpc) is 2.19. The molecule has 3 nitrogen and oxygen atoms in total. The van der Waals surface area contributed by atoms with Crippen molar-refractivity contribution in [2.45, 2.75) is 37.7 Å². The van der Waals surface area contributed by atoms with Gasteiger partial charge in [-0.2, -0.15) is 0 Å². The fraction of sp³-hybridized carbons (Fsp3) is 1.00. The van der Waals surface area contributed by atoms with Crippen molar-refractivity contribution >= 4 is 0 Å². The van der Waals surface area contributed by atoms with Gasteiger partial charge in [0.2, 0.25) is 0 Å². The van der Waals surface area contributed by atoms with Crippen LogP contribution in [0.3, 0.4) is 0 Å². The van der Waals surface area contributed by atoms with Gasteiger partial charge in [-0.05, 0) is 26.3 Å². The van der Waals surface area contributed by atoms with Gasteiger partial charge in [-0.15, -0.1) is 0 Å². The molecule has 0 unspecified atom stereocenters. The molecule has 2 rings (SSSR count). The second-order valence-electron chi connectivity index (χ2n) is 5.97. The molecule has 0 aromatic heterocycles. The third-order valence-corrected chi connectivity index (χ3v) is 3.95. The van der Waals surface area contributed by atoms with Gasteiger partial charge >= 0.3 is 0 Å². The predicted octanol–water partition coefficient (Wildman–Crippen LogP) is 2.16. The maximum Gasteiger partial charge on any atom is 0.271 e. The summed E-state index contributed by atoms with van der Waals surface area (Å²) in [6.07, 6.45) is 2.18. The Morgan fingerprint density at radius 3 is 2.56 bits per heavy atom. The van der Waals surface area contributed by atoms with E-state index < -0.39 is 12.5 Å². The molecule has 2 aliphatic rings. The van der Waals surface area contributed by atoms with E-state index >= 15 is 0 Å². The smallest absolute Gasteiger partial charge is 0.271 e. The highest BCUT2D eigenvalue weighted by atomic mass is 19.3.